The predicted octanol–water partition coefficient (Wildman–Crippen LogP) is 5.62. The van der Waals surface area contributed by atoms with Gasteiger partial charge >= 0.3 is 5.97 Å². The van der Waals surface area contributed by atoms with Crippen LogP contribution in [-0.4, -0.2) is 33.1 Å². The van der Waals surface area contributed by atoms with Crippen LogP contribution in [-0.2, 0) is 0 Å². The van der Waals surface area contributed by atoms with Crippen LogP contribution in [0.15, 0.2) is 58.8 Å². The van der Waals surface area contributed by atoms with E-state index in [-0.39, 0.29) is 22.9 Å². The maximum atomic E-state index is 13.0. The van der Waals surface area contributed by atoms with Crippen molar-refractivity contribution < 1.29 is 33.3 Å². The zero-order valence-corrected chi connectivity index (χ0v) is 20.5. The Morgan fingerprint density at radius 2 is 1.62 bits per heavy atom. The number of rotatable bonds is 6. The number of halogens is 1. The Labute approximate surface area is 205 Å². The van der Waals surface area contributed by atoms with Crippen molar-refractivity contribution in [2.24, 2.45) is 0 Å². The van der Waals surface area contributed by atoms with Crippen molar-refractivity contribution in [2.45, 2.75) is 6.92 Å². The molecule has 4 rings (SSSR count). The highest BCUT2D eigenvalue weighted by Gasteiger charge is 2.31. The summed E-state index contributed by atoms with van der Waals surface area (Å²) in [7, 11) is 4.47. The Balaban J connectivity index is 1.66. The number of Topliss-reactive ketones (excluding diaryl/α,β-unsaturated/α-hetero) is 1. The van der Waals surface area contributed by atoms with Crippen LogP contribution in [0.3, 0.4) is 0 Å². The fraction of sp³-hybridized carbons (Fsp3) is 0.154. The summed E-state index contributed by atoms with van der Waals surface area (Å²) in [5, 5.41) is 0. The first-order valence-electron chi connectivity index (χ1n) is 10.2. The van der Waals surface area contributed by atoms with E-state index in [4.69, 9.17) is 23.7 Å². The SMILES string of the molecule is COc1ccc(Br)cc1/C=C1\Oc2cc(OC(=O)c3c(OC)cccc3OC)cc(C)c2C1=O. The molecule has 174 valence electrons. The maximum absolute atomic E-state index is 13.0. The predicted molar refractivity (Wildman–Crippen MR) is 129 cm³/mol. The standard InChI is InChI=1S/C26H21BrO7/c1-14-10-17(33-26(29)24-19(31-3)6-5-7-20(24)32-4)13-21-23(14)25(28)22(34-21)12-15-11-16(27)8-9-18(15)30-2/h5-13H,1-4H3/b22-12-. The topological polar surface area (TPSA) is 80.3 Å². The summed E-state index contributed by atoms with van der Waals surface area (Å²) < 4.78 is 28.2. The van der Waals surface area contributed by atoms with E-state index in [0.29, 0.717) is 39.7 Å². The largest absolute Gasteiger partial charge is 0.496 e. The van der Waals surface area contributed by atoms with Gasteiger partial charge in [-0.3, -0.25) is 4.79 Å². The number of ether oxygens (including phenoxy) is 5. The number of aryl methyl sites for hydroxylation is 1. The molecule has 0 amide bonds. The second-order valence-electron chi connectivity index (χ2n) is 7.37. The van der Waals surface area contributed by atoms with Crippen LogP contribution in [0.4, 0.5) is 0 Å². The van der Waals surface area contributed by atoms with Gasteiger partial charge < -0.3 is 23.7 Å². The molecule has 0 aliphatic carbocycles. The highest BCUT2D eigenvalue weighted by molar-refractivity contribution is 9.10. The van der Waals surface area contributed by atoms with Crippen LogP contribution < -0.4 is 23.7 Å². The van der Waals surface area contributed by atoms with E-state index in [0.717, 1.165) is 4.47 Å². The fourth-order valence-electron chi connectivity index (χ4n) is 3.71. The lowest BCUT2D eigenvalue weighted by atomic mass is 10.0. The van der Waals surface area contributed by atoms with Crippen molar-refractivity contribution >= 4 is 33.8 Å². The quantitative estimate of drug-likeness (QED) is 0.235. The van der Waals surface area contributed by atoms with Crippen LogP contribution in [0.1, 0.15) is 31.8 Å². The van der Waals surface area contributed by atoms with Crippen molar-refractivity contribution in [3.05, 3.63) is 81.0 Å². The van der Waals surface area contributed by atoms with Crippen LogP contribution in [0.25, 0.3) is 6.08 Å². The molecule has 0 radical (unpaired) electrons. The third-order valence-electron chi connectivity index (χ3n) is 5.26. The van der Waals surface area contributed by atoms with Crippen molar-refractivity contribution in [1.29, 1.82) is 0 Å². The van der Waals surface area contributed by atoms with Gasteiger partial charge in [-0.25, -0.2) is 4.79 Å². The average molecular weight is 525 g/mol. The van der Waals surface area contributed by atoms with E-state index in [1.165, 1.54) is 20.3 Å². The van der Waals surface area contributed by atoms with Crippen molar-refractivity contribution in [3.63, 3.8) is 0 Å². The van der Waals surface area contributed by atoms with Gasteiger partial charge in [-0.15, -0.1) is 0 Å². The van der Waals surface area contributed by atoms with Crippen LogP contribution in [0, 0.1) is 6.92 Å². The molecule has 3 aromatic rings. The van der Waals surface area contributed by atoms with Gasteiger partial charge in [0.15, 0.2) is 5.76 Å². The summed E-state index contributed by atoms with van der Waals surface area (Å²) in [5.74, 6) is 0.989. The highest BCUT2D eigenvalue weighted by atomic mass is 79.9. The van der Waals surface area contributed by atoms with Crippen molar-refractivity contribution in [2.75, 3.05) is 21.3 Å². The Kier molecular flexibility index (Phi) is 6.61. The molecule has 0 bridgehead atoms. The van der Waals surface area contributed by atoms with Crippen LogP contribution in [0.5, 0.6) is 28.7 Å². The Hall–Kier alpha value is -3.78. The number of esters is 1. The molecule has 3 aromatic carbocycles. The number of methoxy groups -OCH3 is 3. The summed E-state index contributed by atoms with van der Waals surface area (Å²) >= 11 is 3.43. The normalized spacial score (nSPS) is 13.3. The molecule has 8 heteroatoms. The lowest BCUT2D eigenvalue weighted by Crippen LogP contribution is -2.12. The number of ketones is 1. The molecule has 0 aromatic heterocycles. The number of hydrogen-bond donors (Lipinski definition) is 0. The molecule has 0 unspecified atom stereocenters. The van der Waals surface area contributed by atoms with Crippen LogP contribution >= 0.6 is 15.9 Å². The molecule has 0 saturated carbocycles. The first-order chi connectivity index (χ1) is 16.4. The summed E-state index contributed by atoms with van der Waals surface area (Å²) in [6.45, 7) is 1.75. The molecule has 0 N–H and O–H groups in total. The van der Waals surface area contributed by atoms with Gasteiger partial charge in [-0.1, -0.05) is 22.0 Å². The molecule has 0 atom stereocenters. The van der Waals surface area contributed by atoms with E-state index in [1.54, 1.807) is 50.4 Å². The van der Waals surface area contributed by atoms with Gasteiger partial charge in [0.25, 0.3) is 0 Å². The van der Waals surface area contributed by atoms with Gasteiger partial charge in [0, 0.05) is 16.1 Å². The minimum Gasteiger partial charge on any atom is -0.496 e. The maximum Gasteiger partial charge on any atom is 0.351 e. The van der Waals surface area contributed by atoms with E-state index in [9.17, 15) is 9.59 Å². The minimum atomic E-state index is -0.660. The van der Waals surface area contributed by atoms with Gasteiger partial charge in [-0.05, 0) is 55.0 Å². The second kappa shape index (κ2) is 9.61. The highest BCUT2D eigenvalue weighted by Crippen LogP contribution is 2.39. The Bertz CT molecular complexity index is 1300. The number of allylic oxidation sites excluding steroid dienone is 1. The van der Waals surface area contributed by atoms with Gasteiger partial charge in [0.1, 0.15) is 34.3 Å². The zero-order chi connectivity index (χ0) is 24.4. The van der Waals surface area contributed by atoms with Gasteiger partial charge in [0.2, 0.25) is 5.78 Å². The average Bonchev–Trinajstić information content (AvgIpc) is 3.13. The number of fused-ring (bicyclic) bond motifs is 1. The van der Waals surface area contributed by atoms with Gasteiger partial charge in [0.05, 0.1) is 26.9 Å². The molecule has 0 spiro atoms. The summed E-state index contributed by atoms with van der Waals surface area (Å²) in [4.78, 5) is 26.0. The van der Waals surface area contributed by atoms with Crippen molar-refractivity contribution in [1.82, 2.24) is 0 Å². The second-order valence-corrected chi connectivity index (χ2v) is 8.28. The summed E-state index contributed by atoms with van der Waals surface area (Å²) in [6, 6.07) is 13.6. The fourth-order valence-corrected chi connectivity index (χ4v) is 4.08. The smallest absolute Gasteiger partial charge is 0.351 e. The minimum absolute atomic E-state index is 0.143. The molecule has 0 fully saturated rings. The molecule has 1 aliphatic rings. The summed E-state index contributed by atoms with van der Waals surface area (Å²) in [6.07, 6.45) is 1.62. The van der Waals surface area contributed by atoms with Crippen LogP contribution in [0.2, 0.25) is 0 Å². The Morgan fingerprint density at radius 3 is 2.26 bits per heavy atom. The lowest BCUT2D eigenvalue weighted by Gasteiger charge is -2.13. The van der Waals surface area contributed by atoms with E-state index in [2.05, 4.69) is 15.9 Å². The number of benzene rings is 3. The van der Waals surface area contributed by atoms with Crippen molar-refractivity contribution in [3.8, 4) is 28.7 Å². The molecule has 0 saturated heterocycles. The molecular weight excluding hydrogens is 504 g/mol. The molecule has 34 heavy (non-hydrogen) atoms. The summed E-state index contributed by atoms with van der Waals surface area (Å²) in [5.41, 5.74) is 1.86. The third-order valence-corrected chi connectivity index (χ3v) is 5.76. The first kappa shape index (κ1) is 23.4. The molecule has 1 heterocycles. The number of carbonyl (C=O) groups excluding carboxylic acids is 2. The van der Waals surface area contributed by atoms with E-state index in [1.807, 2.05) is 12.1 Å². The lowest BCUT2D eigenvalue weighted by molar-refractivity contribution is 0.0727. The molecule has 1 aliphatic heterocycles. The molecule has 7 nitrogen and oxygen atoms in total. The third kappa shape index (κ3) is 4.36. The monoisotopic (exact) mass is 524 g/mol. The van der Waals surface area contributed by atoms with Gasteiger partial charge in [-0.2, -0.15) is 0 Å². The number of carbonyl (C=O) groups is 2. The number of hydrogen-bond acceptors (Lipinski definition) is 7. The first-order valence-corrected chi connectivity index (χ1v) is 11.0. The van der Waals surface area contributed by atoms with E-state index < -0.39 is 5.97 Å². The zero-order valence-electron chi connectivity index (χ0n) is 18.9. The molecular formula is C26H21BrO7. The van der Waals surface area contributed by atoms with E-state index >= 15 is 0 Å². The Morgan fingerprint density at radius 1 is 0.941 bits per heavy atom.